The average Bonchev–Trinajstić information content (AvgIpc) is 2.71. The van der Waals surface area contributed by atoms with Crippen LogP contribution in [-0.4, -0.2) is 33.6 Å². The molecule has 0 aliphatic carbocycles. The van der Waals surface area contributed by atoms with Crippen LogP contribution in [0.4, 0.5) is 18.9 Å². The Kier molecular flexibility index (Phi) is 3.61. The standard InChI is InChI=1S/C13H11F3N2OS2/c14-13(15,16)8-1-3-9(4-2-8)18-11(19)10-5-6-21-7-17(10)12(18)20/h1-4,10H,5-7H2/t10-/m0/s1. The zero-order valence-electron chi connectivity index (χ0n) is 10.8. The molecule has 0 bridgehead atoms. The summed E-state index contributed by atoms with van der Waals surface area (Å²) < 4.78 is 37.7. The molecule has 1 amide bonds. The van der Waals surface area contributed by atoms with Gasteiger partial charge in [0, 0.05) is 0 Å². The van der Waals surface area contributed by atoms with Crippen molar-refractivity contribution in [3.8, 4) is 0 Å². The first-order chi connectivity index (χ1) is 9.89. The lowest BCUT2D eigenvalue weighted by Gasteiger charge is -2.27. The van der Waals surface area contributed by atoms with Gasteiger partial charge in [-0.2, -0.15) is 13.2 Å². The molecule has 2 aliphatic rings. The van der Waals surface area contributed by atoms with E-state index >= 15 is 0 Å². The molecule has 3 rings (SSSR count). The summed E-state index contributed by atoms with van der Waals surface area (Å²) in [5.41, 5.74) is -0.352. The molecule has 1 atom stereocenters. The molecule has 8 heteroatoms. The van der Waals surface area contributed by atoms with E-state index in [-0.39, 0.29) is 11.9 Å². The van der Waals surface area contributed by atoms with Crippen molar-refractivity contribution in [2.45, 2.75) is 18.6 Å². The predicted octanol–water partition coefficient (Wildman–Crippen LogP) is 3.10. The first-order valence-electron chi connectivity index (χ1n) is 6.29. The van der Waals surface area contributed by atoms with E-state index in [1.54, 1.807) is 11.8 Å². The van der Waals surface area contributed by atoms with Gasteiger partial charge < -0.3 is 4.90 Å². The van der Waals surface area contributed by atoms with E-state index in [9.17, 15) is 18.0 Å². The minimum absolute atomic E-state index is 0.153. The van der Waals surface area contributed by atoms with Crippen LogP contribution in [0.15, 0.2) is 24.3 Å². The number of hydrogen-bond acceptors (Lipinski definition) is 3. The van der Waals surface area contributed by atoms with Gasteiger partial charge in [-0.25, -0.2) is 0 Å². The SMILES string of the molecule is O=C1[C@@H]2CCSCN2C(=S)N1c1ccc(C(F)(F)F)cc1. The van der Waals surface area contributed by atoms with Crippen LogP contribution in [0.2, 0.25) is 0 Å². The van der Waals surface area contributed by atoms with Gasteiger partial charge in [-0.3, -0.25) is 9.69 Å². The molecule has 1 aromatic rings. The molecular formula is C13H11F3N2OS2. The Bertz CT molecular complexity index is 564. The summed E-state index contributed by atoms with van der Waals surface area (Å²) >= 11 is 6.99. The number of thioether (sulfide) groups is 1. The fourth-order valence-corrected chi connectivity index (χ4v) is 3.94. The van der Waals surface area contributed by atoms with Crippen molar-refractivity contribution in [1.82, 2.24) is 4.90 Å². The third-order valence-electron chi connectivity index (χ3n) is 3.54. The number of benzene rings is 1. The van der Waals surface area contributed by atoms with Crippen LogP contribution < -0.4 is 4.90 Å². The van der Waals surface area contributed by atoms with Gasteiger partial charge in [0.15, 0.2) is 5.11 Å². The van der Waals surface area contributed by atoms with E-state index in [1.807, 2.05) is 4.90 Å². The van der Waals surface area contributed by atoms with Crippen molar-refractivity contribution < 1.29 is 18.0 Å². The van der Waals surface area contributed by atoms with Gasteiger partial charge in [0.05, 0.1) is 17.1 Å². The molecule has 0 aromatic heterocycles. The van der Waals surface area contributed by atoms with Crippen LogP contribution in [0.25, 0.3) is 0 Å². The molecule has 2 fully saturated rings. The minimum Gasteiger partial charge on any atom is -0.327 e. The van der Waals surface area contributed by atoms with Gasteiger partial charge in [-0.15, -0.1) is 11.8 Å². The Morgan fingerprint density at radius 3 is 2.48 bits per heavy atom. The molecule has 2 aliphatic heterocycles. The van der Waals surface area contributed by atoms with Crippen molar-refractivity contribution in [3.05, 3.63) is 29.8 Å². The number of hydrogen-bond donors (Lipinski definition) is 0. The van der Waals surface area contributed by atoms with Gasteiger partial charge >= 0.3 is 6.18 Å². The first-order valence-corrected chi connectivity index (χ1v) is 7.85. The highest BCUT2D eigenvalue weighted by molar-refractivity contribution is 7.99. The lowest BCUT2D eigenvalue weighted by molar-refractivity contribution is -0.137. The fourth-order valence-electron chi connectivity index (χ4n) is 2.46. The van der Waals surface area contributed by atoms with Crippen molar-refractivity contribution >= 4 is 40.7 Å². The second-order valence-electron chi connectivity index (χ2n) is 4.81. The summed E-state index contributed by atoms with van der Waals surface area (Å²) in [6.45, 7) is 0. The van der Waals surface area contributed by atoms with Crippen molar-refractivity contribution in [2.75, 3.05) is 16.5 Å². The molecular weight excluding hydrogens is 321 g/mol. The number of carbonyl (C=O) groups excluding carboxylic acids is 1. The second-order valence-corrected chi connectivity index (χ2v) is 6.25. The zero-order chi connectivity index (χ0) is 15.2. The molecule has 0 spiro atoms. The number of thiocarbonyl (C=S) groups is 1. The summed E-state index contributed by atoms with van der Waals surface area (Å²) in [7, 11) is 0. The maximum Gasteiger partial charge on any atom is 0.416 e. The normalized spacial score (nSPS) is 22.7. The van der Waals surface area contributed by atoms with Crippen molar-refractivity contribution in [3.63, 3.8) is 0 Å². The van der Waals surface area contributed by atoms with Gasteiger partial charge in [0.25, 0.3) is 5.91 Å². The van der Waals surface area contributed by atoms with E-state index < -0.39 is 11.7 Å². The summed E-state index contributed by atoms with van der Waals surface area (Å²) in [5.74, 6) is 1.38. The van der Waals surface area contributed by atoms with Crippen molar-refractivity contribution in [2.24, 2.45) is 0 Å². The Labute approximate surface area is 129 Å². The molecule has 2 heterocycles. The Balaban J connectivity index is 1.90. The predicted molar refractivity (Wildman–Crippen MR) is 79.1 cm³/mol. The van der Waals surface area contributed by atoms with Crippen molar-refractivity contribution in [1.29, 1.82) is 0 Å². The number of halogens is 3. The quantitative estimate of drug-likeness (QED) is 0.738. The summed E-state index contributed by atoms with van der Waals surface area (Å²) in [5, 5.41) is 0.372. The third kappa shape index (κ3) is 2.50. The number of amides is 1. The van der Waals surface area contributed by atoms with Crippen LogP contribution in [0, 0.1) is 0 Å². The Morgan fingerprint density at radius 1 is 1.24 bits per heavy atom. The molecule has 0 saturated carbocycles. The number of fused-ring (bicyclic) bond motifs is 1. The molecule has 3 nitrogen and oxygen atoms in total. The second kappa shape index (κ2) is 5.17. The minimum atomic E-state index is -4.39. The molecule has 0 unspecified atom stereocenters. The third-order valence-corrected chi connectivity index (χ3v) is 4.94. The highest BCUT2D eigenvalue weighted by Crippen LogP contribution is 2.34. The maximum absolute atomic E-state index is 12.6. The van der Waals surface area contributed by atoms with Crippen LogP contribution in [0.5, 0.6) is 0 Å². The molecule has 0 radical (unpaired) electrons. The number of anilines is 1. The maximum atomic E-state index is 12.6. The highest BCUT2D eigenvalue weighted by atomic mass is 32.2. The number of rotatable bonds is 1. The molecule has 21 heavy (non-hydrogen) atoms. The Morgan fingerprint density at radius 2 is 1.90 bits per heavy atom. The Hall–Kier alpha value is -1.28. The van der Waals surface area contributed by atoms with Gasteiger partial charge in [0.1, 0.15) is 6.04 Å². The number of alkyl halides is 3. The summed E-state index contributed by atoms with van der Waals surface area (Å²) in [6.07, 6.45) is -3.68. The topological polar surface area (TPSA) is 23.6 Å². The largest absolute Gasteiger partial charge is 0.416 e. The van der Waals surface area contributed by atoms with E-state index in [0.29, 0.717) is 23.1 Å². The van der Waals surface area contributed by atoms with E-state index in [0.717, 1.165) is 17.9 Å². The van der Waals surface area contributed by atoms with E-state index in [2.05, 4.69) is 0 Å². The molecule has 112 valence electrons. The highest BCUT2D eigenvalue weighted by Gasteiger charge is 2.44. The van der Waals surface area contributed by atoms with Crippen LogP contribution in [0.3, 0.4) is 0 Å². The fraction of sp³-hybridized carbons (Fsp3) is 0.385. The van der Waals surface area contributed by atoms with Gasteiger partial charge in [-0.05, 0) is 48.7 Å². The summed E-state index contributed by atoms with van der Waals surface area (Å²) in [4.78, 5) is 15.6. The van der Waals surface area contributed by atoms with Crippen LogP contribution in [0.1, 0.15) is 12.0 Å². The molecule has 1 aromatic carbocycles. The molecule has 2 saturated heterocycles. The lowest BCUT2D eigenvalue weighted by atomic mass is 10.1. The zero-order valence-corrected chi connectivity index (χ0v) is 12.4. The number of carbonyl (C=O) groups is 1. The smallest absolute Gasteiger partial charge is 0.327 e. The lowest BCUT2D eigenvalue weighted by Crippen LogP contribution is -2.38. The van der Waals surface area contributed by atoms with Gasteiger partial charge in [-0.1, -0.05) is 0 Å². The van der Waals surface area contributed by atoms with Crippen LogP contribution in [-0.2, 0) is 11.0 Å². The average molecular weight is 332 g/mol. The van der Waals surface area contributed by atoms with Gasteiger partial charge in [0.2, 0.25) is 0 Å². The van der Waals surface area contributed by atoms with E-state index in [1.165, 1.54) is 17.0 Å². The van der Waals surface area contributed by atoms with E-state index in [4.69, 9.17) is 12.2 Å². The number of nitrogens with zero attached hydrogens (tertiary/aromatic N) is 2. The molecule has 0 N–H and O–H groups in total. The first kappa shape index (κ1) is 14.6. The monoisotopic (exact) mass is 332 g/mol. The van der Waals surface area contributed by atoms with Crippen LogP contribution >= 0.6 is 24.0 Å². The summed E-state index contributed by atoms with van der Waals surface area (Å²) in [6, 6.07) is 4.24.